The zero-order valence-electron chi connectivity index (χ0n) is 14.4. The number of carbonyl (C=O) groups is 1. The number of nitrogens with zero attached hydrogens (tertiary/aromatic N) is 5. The van der Waals surface area contributed by atoms with Crippen molar-refractivity contribution in [2.75, 3.05) is 0 Å². The Hall–Kier alpha value is -3.09. The summed E-state index contributed by atoms with van der Waals surface area (Å²) in [4.78, 5) is 25.3. The predicted octanol–water partition coefficient (Wildman–Crippen LogP) is 2.49. The van der Waals surface area contributed by atoms with Gasteiger partial charge in [-0.1, -0.05) is 19.9 Å². The van der Waals surface area contributed by atoms with Gasteiger partial charge in [0.25, 0.3) is 5.91 Å². The molecule has 0 aliphatic rings. The molecule has 0 spiro atoms. The van der Waals surface area contributed by atoms with Crippen LogP contribution in [0.3, 0.4) is 0 Å². The Balaban J connectivity index is 1.85. The van der Waals surface area contributed by atoms with Gasteiger partial charge in [0.15, 0.2) is 5.82 Å². The van der Waals surface area contributed by atoms with Gasteiger partial charge in [-0.15, -0.1) is 0 Å². The van der Waals surface area contributed by atoms with E-state index in [1.54, 1.807) is 24.5 Å². The summed E-state index contributed by atoms with van der Waals surface area (Å²) in [6.45, 7) is 6.12. The highest BCUT2D eigenvalue weighted by Crippen LogP contribution is 2.23. The lowest BCUT2D eigenvalue weighted by molar-refractivity contribution is 0.0924. The zero-order chi connectivity index (χ0) is 17.8. The molecule has 0 aliphatic heterocycles. The number of carbonyl (C=O) groups excluding carboxylic acids is 1. The number of rotatable bonds is 5. The van der Waals surface area contributed by atoms with Crippen LogP contribution in [0.4, 0.5) is 0 Å². The fourth-order valence-corrected chi connectivity index (χ4v) is 2.61. The van der Waals surface area contributed by atoms with Crippen molar-refractivity contribution in [3.05, 3.63) is 66.1 Å². The van der Waals surface area contributed by atoms with Crippen LogP contribution in [-0.4, -0.2) is 30.6 Å². The van der Waals surface area contributed by atoms with E-state index in [0.717, 1.165) is 11.3 Å². The first kappa shape index (κ1) is 16.8. The Kier molecular flexibility index (Phi) is 4.83. The maximum absolute atomic E-state index is 12.8. The van der Waals surface area contributed by atoms with E-state index in [9.17, 15) is 4.79 Å². The van der Waals surface area contributed by atoms with Crippen molar-refractivity contribution in [2.24, 2.45) is 5.92 Å². The van der Waals surface area contributed by atoms with Gasteiger partial charge < -0.3 is 5.32 Å². The average molecular weight is 336 g/mol. The first-order chi connectivity index (χ1) is 12.1. The molecule has 0 aromatic carbocycles. The summed E-state index contributed by atoms with van der Waals surface area (Å²) in [5.74, 6) is 0.571. The first-order valence-electron chi connectivity index (χ1n) is 8.09. The second kappa shape index (κ2) is 7.21. The van der Waals surface area contributed by atoms with Gasteiger partial charge in [0.2, 0.25) is 0 Å². The quantitative estimate of drug-likeness (QED) is 0.773. The fraction of sp³-hybridized carbons (Fsp3) is 0.278. The summed E-state index contributed by atoms with van der Waals surface area (Å²) in [7, 11) is 0. The van der Waals surface area contributed by atoms with Crippen LogP contribution in [0.25, 0.3) is 5.82 Å². The third-order valence-electron chi connectivity index (χ3n) is 3.96. The van der Waals surface area contributed by atoms with Gasteiger partial charge in [-0.3, -0.25) is 9.78 Å². The van der Waals surface area contributed by atoms with E-state index >= 15 is 0 Å². The van der Waals surface area contributed by atoms with E-state index in [2.05, 4.69) is 39.2 Å². The molecule has 7 nitrogen and oxygen atoms in total. The third-order valence-corrected chi connectivity index (χ3v) is 3.96. The molecule has 3 aromatic heterocycles. The number of aryl methyl sites for hydroxylation is 1. The number of hydrogen-bond acceptors (Lipinski definition) is 5. The highest BCUT2D eigenvalue weighted by atomic mass is 16.1. The van der Waals surface area contributed by atoms with E-state index in [1.165, 1.54) is 17.3 Å². The minimum Gasteiger partial charge on any atom is -0.343 e. The smallest absolute Gasteiger partial charge is 0.252 e. The van der Waals surface area contributed by atoms with Gasteiger partial charge in [-0.25, -0.2) is 14.6 Å². The summed E-state index contributed by atoms with van der Waals surface area (Å²) >= 11 is 0. The number of nitrogens with one attached hydrogen (secondary N) is 1. The largest absolute Gasteiger partial charge is 0.343 e. The van der Waals surface area contributed by atoms with Crippen molar-refractivity contribution < 1.29 is 4.79 Å². The van der Waals surface area contributed by atoms with Crippen LogP contribution < -0.4 is 5.32 Å². The number of hydrogen-bond donors (Lipinski definition) is 1. The van der Waals surface area contributed by atoms with Crippen LogP contribution in [0.15, 0.2) is 49.3 Å². The Morgan fingerprint density at radius 2 is 2.04 bits per heavy atom. The molecule has 3 heterocycles. The van der Waals surface area contributed by atoms with E-state index in [4.69, 9.17) is 0 Å². The molecule has 0 aliphatic carbocycles. The van der Waals surface area contributed by atoms with E-state index in [-0.39, 0.29) is 17.9 Å². The summed E-state index contributed by atoms with van der Waals surface area (Å²) < 4.78 is 1.51. The number of aromatic nitrogens is 5. The van der Waals surface area contributed by atoms with Crippen LogP contribution >= 0.6 is 0 Å². The molecule has 128 valence electrons. The second-order valence-corrected chi connectivity index (χ2v) is 6.14. The topological polar surface area (TPSA) is 85.6 Å². The molecule has 0 radical (unpaired) electrons. The SMILES string of the molecule is Cc1cccnc1C(NC(=O)c1ccnc(-n2cncn2)c1)C(C)C. The molecule has 0 saturated heterocycles. The lowest BCUT2D eigenvalue weighted by Gasteiger charge is -2.23. The Bertz CT molecular complexity index is 860. The zero-order valence-corrected chi connectivity index (χ0v) is 14.4. The third kappa shape index (κ3) is 3.71. The predicted molar refractivity (Wildman–Crippen MR) is 93.2 cm³/mol. The van der Waals surface area contributed by atoms with E-state index < -0.39 is 0 Å². The molecular weight excluding hydrogens is 316 g/mol. The van der Waals surface area contributed by atoms with Crippen molar-refractivity contribution >= 4 is 5.91 Å². The summed E-state index contributed by atoms with van der Waals surface area (Å²) in [5.41, 5.74) is 2.45. The van der Waals surface area contributed by atoms with Gasteiger partial charge >= 0.3 is 0 Å². The van der Waals surface area contributed by atoms with Gasteiger partial charge in [0.05, 0.1) is 11.7 Å². The van der Waals surface area contributed by atoms with Crippen molar-refractivity contribution in [3.63, 3.8) is 0 Å². The monoisotopic (exact) mass is 336 g/mol. The van der Waals surface area contributed by atoms with E-state index in [1.807, 2.05) is 19.1 Å². The standard InChI is InChI=1S/C18H20N6O/c1-12(2)16(17-13(3)5-4-7-21-17)23-18(25)14-6-8-20-15(9-14)24-11-19-10-22-24/h4-12,16H,1-3H3,(H,23,25). The number of amides is 1. The Morgan fingerprint density at radius 3 is 2.72 bits per heavy atom. The van der Waals surface area contributed by atoms with Crippen LogP contribution in [0.2, 0.25) is 0 Å². The molecule has 3 rings (SSSR count). The molecule has 7 heteroatoms. The van der Waals surface area contributed by atoms with Crippen molar-refractivity contribution in [3.8, 4) is 5.82 Å². The molecular formula is C18H20N6O. The molecule has 0 bridgehead atoms. The molecule has 25 heavy (non-hydrogen) atoms. The van der Waals surface area contributed by atoms with Gasteiger partial charge in [-0.05, 0) is 36.6 Å². The fourth-order valence-electron chi connectivity index (χ4n) is 2.61. The molecule has 3 aromatic rings. The average Bonchev–Trinajstić information content (AvgIpc) is 3.15. The molecule has 1 N–H and O–H groups in total. The molecule has 0 saturated carbocycles. The minimum atomic E-state index is -0.174. The summed E-state index contributed by atoms with van der Waals surface area (Å²) in [5, 5.41) is 7.12. The van der Waals surface area contributed by atoms with Crippen molar-refractivity contribution in [2.45, 2.75) is 26.8 Å². The normalized spacial score (nSPS) is 12.2. The Morgan fingerprint density at radius 1 is 1.20 bits per heavy atom. The van der Waals surface area contributed by atoms with Crippen LogP contribution in [-0.2, 0) is 0 Å². The maximum atomic E-state index is 12.8. The molecule has 1 amide bonds. The second-order valence-electron chi connectivity index (χ2n) is 6.14. The maximum Gasteiger partial charge on any atom is 0.252 e. The highest BCUT2D eigenvalue weighted by molar-refractivity contribution is 5.94. The lowest BCUT2D eigenvalue weighted by atomic mass is 9.97. The Labute approximate surface area is 146 Å². The first-order valence-corrected chi connectivity index (χ1v) is 8.09. The van der Waals surface area contributed by atoms with Gasteiger partial charge in [0, 0.05) is 18.0 Å². The molecule has 0 fully saturated rings. The van der Waals surface area contributed by atoms with Crippen molar-refractivity contribution in [1.29, 1.82) is 0 Å². The van der Waals surface area contributed by atoms with Gasteiger partial charge in [-0.2, -0.15) is 5.10 Å². The lowest BCUT2D eigenvalue weighted by Crippen LogP contribution is -2.33. The summed E-state index contributed by atoms with van der Waals surface area (Å²) in [6, 6.07) is 7.09. The van der Waals surface area contributed by atoms with Crippen LogP contribution in [0, 0.1) is 12.8 Å². The highest BCUT2D eigenvalue weighted by Gasteiger charge is 2.22. The van der Waals surface area contributed by atoms with E-state index in [0.29, 0.717) is 11.4 Å². The van der Waals surface area contributed by atoms with Crippen molar-refractivity contribution in [1.82, 2.24) is 30.0 Å². The molecule has 1 atom stereocenters. The minimum absolute atomic E-state index is 0.170. The molecule has 1 unspecified atom stereocenters. The van der Waals surface area contributed by atoms with Crippen LogP contribution in [0.1, 0.15) is 41.5 Å². The van der Waals surface area contributed by atoms with Gasteiger partial charge in [0.1, 0.15) is 12.7 Å². The number of pyridine rings is 2. The summed E-state index contributed by atoms with van der Waals surface area (Å²) in [6.07, 6.45) is 6.30. The van der Waals surface area contributed by atoms with Crippen LogP contribution in [0.5, 0.6) is 0 Å².